The Kier molecular flexibility index (Phi) is 10.0. The quantitative estimate of drug-likeness (QED) is 0.337. The maximum Gasteiger partial charge on any atom is 0.191 e. The zero-order chi connectivity index (χ0) is 21.8. The molecule has 0 atom stereocenters. The predicted molar refractivity (Wildman–Crippen MR) is 125 cm³/mol. The Morgan fingerprint density at radius 2 is 1.77 bits per heavy atom. The molecule has 0 spiro atoms. The second-order valence-electron chi connectivity index (χ2n) is 7.56. The predicted octanol–water partition coefficient (Wildman–Crippen LogP) is 3.24. The third-order valence-electron chi connectivity index (χ3n) is 4.80. The summed E-state index contributed by atoms with van der Waals surface area (Å²) in [5.41, 5.74) is 3.57. The van der Waals surface area contributed by atoms with Gasteiger partial charge in [0, 0.05) is 26.7 Å². The normalized spacial score (nSPS) is 11.5. The van der Waals surface area contributed by atoms with Gasteiger partial charge in [0.1, 0.15) is 11.5 Å². The molecule has 0 fully saturated rings. The summed E-state index contributed by atoms with van der Waals surface area (Å²) < 4.78 is 11.2. The number of nitrogens with one attached hydrogen (secondary N) is 2. The first-order valence-electron chi connectivity index (χ1n) is 10.5. The van der Waals surface area contributed by atoms with Crippen LogP contribution in [0.25, 0.3) is 0 Å². The Hall–Kier alpha value is -2.73. The van der Waals surface area contributed by atoms with Crippen molar-refractivity contribution < 1.29 is 9.47 Å². The number of nitrogens with zero attached hydrogens (tertiary/aromatic N) is 2. The first-order chi connectivity index (χ1) is 14.5. The van der Waals surface area contributed by atoms with Crippen molar-refractivity contribution in [3.63, 3.8) is 0 Å². The van der Waals surface area contributed by atoms with E-state index in [1.54, 1.807) is 14.2 Å². The Morgan fingerprint density at radius 3 is 2.43 bits per heavy atom. The largest absolute Gasteiger partial charge is 0.496 e. The minimum atomic E-state index is 0.707. The minimum Gasteiger partial charge on any atom is -0.496 e. The van der Waals surface area contributed by atoms with Crippen LogP contribution >= 0.6 is 0 Å². The van der Waals surface area contributed by atoms with Crippen LogP contribution in [-0.2, 0) is 13.0 Å². The van der Waals surface area contributed by atoms with Crippen molar-refractivity contribution in [1.29, 1.82) is 0 Å². The van der Waals surface area contributed by atoms with Crippen LogP contribution in [0.3, 0.4) is 0 Å². The second-order valence-corrected chi connectivity index (χ2v) is 7.56. The molecule has 164 valence electrons. The van der Waals surface area contributed by atoms with Crippen molar-refractivity contribution >= 4 is 5.96 Å². The van der Waals surface area contributed by atoms with E-state index >= 15 is 0 Å². The molecule has 0 aliphatic heterocycles. The molecule has 0 unspecified atom stereocenters. The fourth-order valence-corrected chi connectivity index (χ4v) is 3.03. The molecule has 2 aromatic rings. The van der Waals surface area contributed by atoms with Crippen LogP contribution in [-0.4, -0.2) is 58.8 Å². The van der Waals surface area contributed by atoms with E-state index in [0.717, 1.165) is 55.6 Å². The minimum absolute atomic E-state index is 0.707. The molecule has 2 aromatic carbocycles. The Balaban J connectivity index is 1.72. The number of rotatable bonds is 11. The van der Waals surface area contributed by atoms with Crippen LogP contribution < -0.4 is 20.1 Å². The highest BCUT2D eigenvalue weighted by atomic mass is 16.5. The van der Waals surface area contributed by atoms with Gasteiger partial charge in [-0.3, -0.25) is 4.99 Å². The molecule has 0 heterocycles. The van der Waals surface area contributed by atoms with Gasteiger partial charge in [0.2, 0.25) is 0 Å². The maximum absolute atomic E-state index is 5.79. The summed E-state index contributed by atoms with van der Waals surface area (Å²) in [5.74, 6) is 2.63. The van der Waals surface area contributed by atoms with E-state index in [2.05, 4.69) is 71.9 Å². The molecule has 2 N–H and O–H groups in total. The topological polar surface area (TPSA) is 58.1 Å². The van der Waals surface area contributed by atoms with Crippen molar-refractivity contribution in [3.05, 3.63) is 59.2 Å². The second kappa shape index (κ2) is 12.8. The zero-order valence-electron chi connectivity index (χ0n) is 19.0. The van der Waals surface area contributed by atoms with Gasteiger partial charge in [0.25, 0.3) is 0 Å². The van der Waals surface area contributed by atoms with Crippen LogP contribution in [0.1, 0.15) is 23.1 Å². The average Bonchev–Trinajstić information content (AvgIpc) is 2.75. The highest BCUT2D eigenvalue weighted by Crippen LogP contribution is 2.19. The lowest BCUT2D eigenvalue weighted by Gasteiger charge is -2.13. The van der Waals surface area contributed by atoms with E-state index in [0.29, 0.717) is 6.54 Å². The van der Waals surface area contributed by atoms with E-state index in [1.807, 2.05) is 12.1 Å². The summed E-state index contributed by atoms with van der Waals surface area (Å²) in [5, 5.41) is 6.72. The van der Waals surface area contributed by atoms with Gasteiger partial charge in [-0.15, -0.1) is 0 Å². The monoisotopic (exact) mass is 412 g/mol. The molecule has 0 bridgehead atoms. The molecule has 0 aromatic heterocycles. The van der Waals surface area contributed by atoms with Crippen molar-refractivity contribution in [2.75, 3.05) is 47.9 Å². The summed E-state index contributed by atoms with van der Waals surface area (Å²) in [4.78, 5) is 6.47. The molecule has 2 rings (SSSR count). The van der Waals surface area contributed by atoms with Gasteiger partial charge in [-0.2, -0.15) is 0 Å². The number of aryl methyl sites for hydroxylation is 1. The van der Waals surface area contributed by atoms with Gasteiger partial charge in [-0.05, 0) is 68.8 Å². The summed E-state index contributed by atoms with van der Waals surface area (Å²) in [6.45, 7) is 5.33. The number of aliphatic imine (C=N–C) groups is 1. The van der Waals surface area contributed by atoms with Crippen molar-refractivity contribution in [2.45, 2.75) is 26.3 Å². The molecule has 0 saturated carbocycles. The van der Waals surface area contributed by atoms with Gasteiger partial charge in [0.05, 0.1) is 13.7 Å². The Morgan fingerprint density at radius 1 is 1.03 bits per heavy atom. The molecule has 0 aliphatic rings. The summed E-state index contributed by atoms with van der Waals surface area (Å²) in [7, 11) is 7.64. The summed E-state index contributed by atoms with van der Waals surface area (Å²) >= 11 is 0. The number of ether oxygens (including phenoxy) is 2. The Labute approximate surface area is 181 Å². The molecule has 0 radical (unpaired) electrons. The van der Waals surface area contributed by atoms with Gasteiger partial charge >= 0.3 is 0 Å². The van der Waals surface area contributed by atoms with Gasteiger partial charge in [-0.25, -0.2) is 0 Å². The van der Waals surface area contributed by atoms with Gasteiger partial charge in [0.15, 0.2) is 5.96 Å². The van der Waals surface area contributed by atoms with Crippen molar-refractivity contribution in [1.82, 2.24) is 15.5 Å². The number of hydrogen-bond acceptors (Lipinski definition) is 4. The highest BCUT2D eigenvalue weighted by molar-refractivity contribution is 5.79. The van der Waals surface area contributed by atoms with E-state index in [9.17, 15) is 0 Å². The fourth-order valence-electron chi connectivity index (χ4n) is 3.03. The third-order valence-corrected chi connectivity index (χ3v) is 4.80. The molecular weight excluding hydrogens is 376 g/mol. The van der Waals surface area contributed by atoms with Crippen molar-refractivity contribution in [3.8, 4) is 11.5 Å². The van der Waals surface area contributed by atoms with Crippen LogP contribution in [0.15, 0.2) is 47.5 Å². The lowest BCUT2D eigenvalue weighted by atomic mass is 10.1. The van der Waals surface area contributed by atoms with E-state index in [1.165, 1.54) is 11.1 Å². The van der Waals surface area contributed by atoms with Crippen LogP contribution in [0.2, 0.25) is 0 Å². The standard InChI is InChI=1S/C24H36N4O2/c1-19-7-8-20(17-23(19)29-5)13-14-26-24(25-2)27-18-21-9-11-22(12-10-21)30-16-6-15-28(3)4/h7-12,17H,6,13-16,18H2,1-5H3,(H2,25,26,27). The fraction of sp³-hybridized carbons (Fsp3) is 0.458. The lowest BCUT2D eigenvalue weighted by Crippen LogP contribution is -2.37. The molecular formula is C24H36N4O2. The summed E-state index contributed by atoms with van der Waals surface area (Å²) in [6, 6.07) is 14.5. The van der Waals surface area contributed by atoms with E-state index in [-0.39, 0.29) is 0 Å². The molecule has 6 nitrogen and oxygen atoms in total. The highest BCUT2D eigenvalue weighted by Gasteiger charge is 2.03. The van der Waals surface area contributed by atoms with Gasteiger partial charge in [-0.1, -0.05) is 24.3 Å². The third kappa shape index (κ3) is 8.33. The van der Waals surface area contributed by atoms with Crippen LogP contribution in [0.5, 0.6) is 11.5 Å². The molecule has 6 heteroatoms. The molecule has 0 amide bonds. The zero-order valence-corrected chi connectivity index (χ0v) is 19.0. The maximum atomic E-state index is 5.79. The molecule has 30 heavy (non-hydrogen) atoms. The number of hydrogen-bond donors (Lipinski definition) is 2. The smallest absolute Gasteiger partial charge is 0.191 e. The average molecular weight is 413 g/mol. The first-order valence-corrected chi connectivity index (χ1v) is 10.5. The van der Waals surface area contributed by atoms with Crippen molar-refractivity contribution in [2.24, 2.45) is 4.99 Å². The van der Waals surface area contributed by atoms with Gasteiger partial charge < -0.3 is 25.0 Å². The summed E-state index contributed by atoms with van der Waals surface area (Å²) in [6.07, 6.45) is 1.92. The Bertz CT molecular complexity index is 788. The SMILES string of the molecule is CN=C(NCCc1ccc(C)c(OC)c1)NCc1ccc(OCCCN(C)C)cc1. The number of methoxy groups -OCH3 is 1. The van der Waals surface area contributed by atoms with Crippen LogP contribution in [0.4, 0.5) is 0 Å². The molecule has 0 aliphatic carbocycles. The van der Waals surface area contributed by atoms with E-state index in [4.69, 9.17) is 9.47 Å². The van der Waals surface area contributed by atoms with E-state index < -0.39 is 0 Å². The molecule has 0 saturated heterocycles. The number of guanidine groups is 1. The first kappa shape index (κ1) is 23.5. The number of benzene rings is 2. The van der Waals surface area contributed by atoms with Crippen LogP contribution in [0, 0.1) is 6.92 Å². The lowest BCUT2D eigenvalue weighted by molar-refractivity contribution is 0.281.